The topological polar surface area (TPSA) is 85.9 Å². The number of methoxy groups -OCH3 is 1. The number of hydrogen-bond donors (Lipinski definition) is 2. The van der Waals surface area contributed by atoms with Gasteiger partial charge in [-0.05, 0) is 61.1 Å². The second-order valence-electron chi connectivity index (χ2n) is 9.66. The molecule has 0 atom stereocenters. The van der Waals surface area contributed by atoms with E-state index in [-0.39, 0.29) is 5.91 Å². The Labute approximate surface area is 236 Å². The lowest BCUT2D eigenvalue weighted by Crippen LogP contribution is -2.30. The summed E-state index contributed by atoms with van der Waals surface area (Å²) in [6.45, 7) is 6.97. The van der Waals surface area contributed by atoms with E-state index in [2.05, 4.69) is 48.7 Å². The molecular weight excluding hydrogens is 530 g/mol. The van der Waals surface area contributed by atoms with Crippen LogP contribution in [0.2, 0.25) is 0 Å². The van der Waals surface area contributed by atoms with Gasteiger partial charge in [0, 0.05) is 44.2 Å². The van der Waals surface area contributed by atoms with Crippen LogP contribution in [0, 0.1) is 0 Å². The molecule has 204 valence electrons. The smallest absolute Gasteiger partial charge is 0.247 e. The highest BCUT2D eigenvalue weighted by molar-refractivity contribution is 7.17. The average Bonchev–Trinajstić information content (AvgIpc) is 3.60. The zero-order valence-electron chi connectivity index (χ0n) is 22.7. The third-order valence-electron chi connectivity index (χ3n) is 6.69. The van der Waals surface area contributed by atoms with Gasteiger partial charge in [-0.15, -0.1) is 22.7 Å². The zero-order chi connectivity index (χ0) is 27.5. The summed E-state index contributed by atoms with van der Waals surface area (Å²) < 4.78 is 6.85. The molecule has 11 heteroatoms. The molecule has 3 aromatic heterocycles. The number of benzene rings is 1. The summed E-state index contributed by atoms with van der Waals surface area (Å²) in [5, 5.41) is 10.5. The first-order chi connectivity index (χ1) is 18.9. The summed E-state index contributed by atoms with van der Waals surface area (Å²) in [6, 6.07) is 8.01. The predicted octanol–water partition coefficient (Wildman–Crippen LogP) is 5.19. The van der Waals surface area contributed by atoms with Crippen LogP contribution in [-0.2, 0) is 17.8 Å². The fourth-order valence-electron chi connectivity index (χ4n) is 4.57. The number of thiophene rings is 2. The van der Waals surface area contributed by atoms with Crippen LogP contribution in [-0.4, -0.2) is 68.7 Å². The summed E-state index contributed by atoms with van der Waals surface area (Å²) >= 11 is 3.48. The minimum absolute atomic E-state index is 0.287. The van der Waals surface area contributed by atoms with Crippen molar-refractivity contribution in [2.75, 3.05) is 68.3 Å². The molecule has 0 aliphatic carbocycles. The van der Waals surface area contributed by atoms with E-state index in [9.17, 15) is 4.79 Å². The van der Waals surface area contributed by atoms with Crippen LogP contribution < -0.4 is 25.2 Å². The number of carbonyl (C=O) groups is 1. The highest BCUT2D eigenvalue weighted by Gasteiger charge is 2.23. The monoisotopic (exact) mass is 563 g/mol. The maximum absolute atomic E-state index is 12.3. The van der Waals surface area contributed by atoms with Crippen molar-refractivity contribution in [2.45, 2.75) is 13.0 Å². The largest absolute Gasteiger partial charge is 0.494 e. The van der Waals surface area contributed by atoms with E-state index < -0.39 is 0 Å². The van der Waals surface area contributed by atoms with E-state index in [1.807, 2.05) is 50.7 Å². The van der Waals surface area contributed by atoms with Gasteiger partial charge in [-0.1, -0.05) is 6.58 Å². The molecule has 1 aliphatic heterocycles. The number of hydrogen-bond acceptors (Lipinski definition) is 10. The van der Waals surface area contributed by atoms with Gasteiger partial charge in [0.15, 0.2) is 5.82 Å². The minimum atomic E-state index is -0.287. The predicted molar refractivity (Wildman–Crippen MR) is 163 cm³/mol. The highest BCUT2D eigenvalue weighted by atomic mass is 32.1. The first-order valence-corrected chi connectivity index (χ1v) is 14.5. The van der Waals surface area contributed by atoms with Gasteiger partial charge >= 0.3 is 0 Å². The molecule has 9 nitrogen and oxygen atoms in total. The Balaban J connectivity index is 1.51. The number of amides is 1. The van der Waals surface area contributed by atoms with Gasteiger partial charge in [-0.25, -0.2) is 4.98 Å². The number of anilines is 5. The second kappa shape index (κ2) is 11.6. The summed E-state index contributed by atoms with van der Waals surface area (Å²) in [5.41, 5.74) is 4.39. The van der Waals surface area contributed by atoms with Crippen LogP contribution in [0.3, 0.4) is 0 Å². The number of rotatable bonds is 10. The molecule has 4 aromatic rings. The van der Waals surface area contributed by atoms with Gasteiger partial charge < -0.3 is 30.1 Å². The Morgan fingerprint density at radius 1 is 1.15 bits per heavy atom. The minimum Gasteiger partial charge on any atom is -0.494 e. The molecule has 0 saturated carbocycles. The van der Waals surface area contributed by atoms with E-state index >= 15 is 0 Å². The third-order valence-corrected chi connectivity index (χ3v) is 8.62. The van der Waals surface area contributed by atoms with Crippen LogP contribution in [0.25, 0.3) is 10.2 Å². The van der Waals surface area contributed by atoms with Crippen LogP contribution in [0.1, 0.15) is 10.4 Å². The van der Waals surface area contributed by atoms with E-state index in [0.29, 0.717) is 23.1 Å². The summed E-state index contributed by atoms with van der Waals surface area (Å²) in [4.78, 5) is 30.1. The fraction of sp³-hybridized carbons (Fsp3) is 0.321. The highest BCUT2D eigenvalue weighted by Crippen LogP contribution is 2.39. The number of nitrogens with zero attached hydrogens (tertiary/aromatic N) is 5. The molecule has 1 amide bonds. The molecule has 5 rings (SSSR count). The molecule has 0 saturated heterocycles. The molecule has 0 spiro atoms. The summed E-state index contributed by atoms with van der Waals surface area (Å²) in [7, 11) is 7.69. The van der Waals surface area contributed by atoms with Crippen LogP contribution >= 0.6 is 22.7 Å². The Morgan fingerprint density at radius 2 is 1.97 bits per heavy atom. The van der Waals surface area contributed by atoms with Gasteiger partial charge in [0.2, 0.25) is 11.9 Å². The SMILES string of the molecule is C=CC(=O)Nc1cc(Nc2nc(N3CCc4sccc4C3)c3sccc3n2)c(OC)cc1N(C)CCN(C)C. The number of carbonyl (C=O) groups excluding carboxylic acids is 1. The normalized spacial score (nSPS) is 12.9. The van der Waals surface area contributed by atoms with Gasteiger partial charge in [0.05, 0.1) is 34.4 Å². The van der Waals surface area contributed by atoms with Gasteiger partial charge in [0.25, 0.3) is 0 Å². The number of aromatic nitrogens is 2. The average molecular weight is 564 g/mol. The second-order valence-corrected chi connectivity index (χ2v) is 11.6. The summed E-state index contributed by atoms with van der Waals surface area (Å²) in [5.74, 6) is 1.73. The van der Waals surface area contributed by atoms with Crippen LogP contribution in [0.5, 0.6) is 5.75 Å². The Bertz CT molecular complexity index is 1500. The lowest BCUT2D eigenvalue weighted by molar-refractivity contribution is -0.111. The molecule has 1 aliphatic rings. The van der Waals surface area contributed by atoms with Crippen molar-refractivity contribution in [1.29, 1.82) is 0 Å². The summed E-state index contributed by atoms with van der Waals surface area (Å²) in [6.07, 6.45) is 2.27. The van der Waals surface area contributed by atoms with Crippen molar-refractivity contribution in [3.8, 4) is 5.75 Å². The standard InChI is InChI=1S/C28H33N7O2S2/c1-6-25(36)29-20-15-21(23(37-5)16-22(20)34(4)12-11-33(2)3)31-28-30-19-9-14-39-26(19)27(32-28)35-10-7-24-18(17-35)8-13-38-24/h6,8-9,13-16H,1,7,10-12,17H2,2-5H3,(H,29,36)(H,30,31,32). The van der Waals surface area contributed by atoms with Crippen LogP contribution in [0.15, 0.2) is 47.7 Å². The molecule has 0 unspecified atom stereocenters. The number of likely N-dealkylation sites (N-methyl/N-ethyl adjacent to an activating group) is 2. The molecule has 2 N–H and O–H groups in total. The van der Waals surface area contributed by atoms with E-state index in [4.69, 9.17) is 14.7 Å². The van der Waals surface area contributed by atoms with Gasteiger partial charge in [-0.3, -0.25) is 4.79 Å². The Kier molecular flexibility index (Phi) is 8.01. The fourth-order valence-corrected chi connectivity index (χ4v) is 6.31. The van der Waals surface area contributed by atoms with E-state index in [1.54, 1.807) is 18.4 Å². The molecule has 0 radical (unpaired) electrons. The van der Waals surface area contributed by atoms with Crippen molar-refractivity contribution in [1.82, 2.24) is 14.9 Å². The first-order valence-electron chi connectivity index (χ1n) is 12.7. The van der Waals surface area contributed by atoms with E-state index in [0.717, 1.165) is 54.3 Å². The third kappa shape index (κ3) is 5.85. The lowest BCUT2D eigenvalue weighted by atomic mass is 10.1. The molecule has 4 heterocycles. The van der Waals surface area contributed by atoms with E-state index in [1.165, 1.54) is 16.5 Å². The van der Waals surface area contributed by atoms with Crippen molar-refractivity contribution >= 4 is 67.6 Å². The van der Waals surface area contributed by atoms with Crippen molar-refractivity contribution < 1.29 is 9.53 Å². The number of fused-ring (bicyclic) bond motifs is 2. The Morgan fingerprint density at radius 3 is 2.74 bits per heavy atom. The molecule has 39 heavy (non-hydrogen) atoms. The van der Waals surface area contributed by atoms with Crippen molar-refractivity contribution in [2.24, 2.45) is 0 Å². The molecule has 0 bridgehead atoms. The maximum Gasteiger partial charge on any atom is 0.247 e. The lowest BCUT2D eigenvalue weighted by Gasteiger charge is -2.28. The zero-order valence-corrected chi connectivity index (χ0v) is 24.3. The Hall–Kier alpha value is -3.67. The molecule has 0 fully saturated rings. The maximum atomic E-state index is 12.3. The van der Waals surface area contributed by atoms with Crippen molar-refractivity contribution in [3.05, 3.63) is 58.1 Å². The van der Waals surface area contributed by atoms with Crippen molar-refractivity contribution in [3.63, 3.8) is 0 Å². The first kappa shape index (κ1) is 26.9. The molecular formula is C28H33N7O2S2. The molecule has 1 aromatic carbocycles. The van der Waals surface area contributed by atoms with Gasteiger partial charge in [0.1, 0.15) is 5.75 Å². The quantitative estimate of drug-likeness (QED) is 0.255. The van der Waals surface area contributed by atoms with Crippen LogP contribution in [0.4, 0.5) is 28.8 Å². The number of ether oxygens (including phenoxy) is 1. The number of nitrogens with one attached hydrogen (secondary N) is 2. The van der Waals surface area contributed by atoms with Gasteiger partial charge in [-0.2, -0.15) is 4.98 Å².